The van der Waals surface area contributed by atoms with Gasteiger partial charge in [-0.15, -0.1) is 0 Å². The first kappa shape index (κ1) is 106. The average Bonchev–Trinajstić information content (AvgIpc) is 0.906. The van der Waals surface area contributed by atoms with Gasteiger partial charge in [0.15, 0.2) is 12.2 Å². The molecule has 0 rings (SSSR count). The first-order valence-corrected chi connectivity index (χ1v) is 48.7. The predicted octanol–water partition coefficient (Wildman–Crippen LogP) is 27.1. The number of hydrogen-bond acceptors (Lipinski definition) is 15. The molecule has 0 fully saturated rings. The molecule has 0 aliphatic heterocycles. The van der Waals surface area contributed by atoms with Crippen molar-refractivity contribution in [1.29, 1.82) is 0 Å². The molecule has 0 saturated heterocycles. The Hall–Kier alpha value is -1.94. The fourth-order valence-electron chi connectivity index (χ4n) is 13.8. The van der Waals surface area contributed by atoms with Crippen LogP contribution in [0.1, 0.15) is 466 Å². The zero-order chi connectivity index (χ0) is 79.5. The number of carbonyl (C=O) groups is 4. The van der Waals surface area contributed by atoms with Crippen LogP contribution < -0.4 is 0 Å². The highest BCUT2D eigenvalue weighted by Gasteiger charge is 2.31. The Morgan fingerprint density at radius 3 is 0.574 bits per heavy atom. The molecular weight excluding hydrogens is 1400 g/mol. The average molecular weight is 1580 g/mol. The van der Waals surface area contributed by atoms with Crippen LogP contribution in [0.5, 0.6) is 0 Å². The third kappa shape index (κ3) is 82.1. The Balaban J connectivity index is 5.24. The van der Waals surface area contributed by atoms with Crippen LogP contribution in [0.2, 0.25) is 0 Å². The summed E-state index contributed by atoms with van der Waals surface area (Å²) < 4.78 is 69.0. The van der Waals surface area contributed by atoms with Gasteiger partial charge in [-0.3, -0.25) is 37.3 Å². The van der Waals surface area contributed by atoms with Gasteiger partial charge in [-0.05, 0) is 49.4 Å². The molecule has 5 atom stereocenters. The molecule has 108 heavy (non-hydrogen) atoms. The Labute approximate surface area is 664 Å². The van der Waals surface area contributed by atoms with Gasteiger partial charge in [0.1, 0.15) is 19.3 Å². The van der Waals surface area contributed by atoms with E-state index >= 15 is 0 Å². The number of ether oxygens (including phenoxy) is 4. The summed E-state index contributed by atoms with van der Waals surface area (Å²) in [6.07, 6.45) is 68.1. The van der Waals surface area contributed by atoms with E-state index < -0.39 is 97.5 Å². The molecule has 17 nitrogen and oxygen atoms in total. The molecule has 0 aliphatic carbocycles. The molecule has 0 aromatic carbocycles. The molecule has 0 heterocycles. The quantitative estimate of drug-likeness (QED) is 0.0222. The largest absolute Gasteiger partial charge is 0.472 e. The number of carbonyl (C=O) groups excluding carboxylic acids is 4. The fraction of sp³-hybridized carbons (Fsp3) is 0.955. The first-order valence-electron chi connectivity index (χ1n) is 45.7. The van der Waals surface area contributed by atoms with Crippen molar-refractivity contribution in [3.63, 3.8) is 0 Å². The lowest BCUT2D eigenvalue weighted by atomic mass is 10.0. The number of unbranched alkanes of at least 4 members (excludes halogenated alkanes) is 52. The molecule has 0 spiro atoms. The molecule has 3 N–H and O–H groups in total. The molecule has 0 amide bonds. The Morgan fingerprint density at radius 2 is 0.389 bits per heavy atom. The number of phosphoric acid groups is 2. The van der Waals surface area contributed by atoms with Gasteiger partial charge >= 0.3 is 39.5 Å². The van der Waals surface area contributed by atoms with Gasteiger partial charge in [-0.25, -0.2) is 9.13 Å². The normalized spacial score (nSPS) is 13.9. The van der Waals surface area contributed by atoms with Crippen molar-refractivity contribution in [3.05, 3.63) is 0 Å². The van der Waals surface area contributed by atoms with Gasteiger partial charge in [-0.1, -0.05) is 415 Å². The van der Waals surface area contributed by atoms with E-state index in [4.69, 9.17) is 37.0 Å². The van der Waals surface area contributed by atoms with Crippen LogP contribution in [0.4, 0.5) is 0 Å². The van der Waals surface area contributed by atoms with E-state index in [1.807, 2.05) is 0 Å². The lowest BCUT2D eigenvalue weighted by molar-refractivity contribution is -0.161. The smallest absolute Gasteiger partial charge is 0.462 e. The van der Waals surface area contributed by atoms with E-state index in [1.54, 1.807) is 0 Å². The van der Waals surface area contributed by atoms with Crippen LogP contribution in [0.3, 0.4) is 0 Å². The predicted molar refractivity (Wildman–Crippen MR) is 446 cm³/mol. The van der Waals surface area contributed by atoms with Crippen LogP contribution in [-0.2, 0) is 65.4 Å². The van der Waals surface area contributed by atoms with Gasteiger partial charge in [0, 0.05) is 25.7 Å². The number of hydrogen-bond donors (Lipinski definition) is 3. The van der Waals surface area contributed by atoms with Crippen LogP contribution in [0.15, 0.2) is 0 Å². The topological polar surface area (TPSA) is 237 Å². The summed E-state index contributed by atoms with van der Waals surface area (Å²) in [6, 6.07) is 0. The second-order valence-corrected chi connectivity index (χ2v) is 36.8. The second kappa shape index (κ2) is 77.6. The molecule has 0 saturated carbocycles. The molecule has 0 aliphatic rings. The minimum absolute atomic E-state index is 0.107. The standard InChI is InChI=1S/C89H174O17P2/c1-79(2)65-57-49-41-33-27-21-15-11-9-10-12-18-25-31-37-47-55-63-71-88(93)105-84(75-99-86(91)69-61-53-45-36-30-24-19-13-16-22-28-34-42-50-58-66-80(3)4)77-103-107(95,96)101-73-83(90)74-102-108(97,98)104-78-85(76-100-87(92)70-62-54-46-40-39-44-52-60-68-82(7)8)106-89(94)72-64-56-48-38-32-26-20-14-17-23-29-35-43-51-59-67-81(5)6/h79-85,90H,9-78H2,1-8H3,(H,95,96)(H,97,98)/t83-,84-,85-/m1/s1. The third-order valence-corrected chi connectivity index (χ3v) is 22.7. The molecule has 0 aromatic rings. The highest BCUT2D eigenvalue weighted by molar-refractivity contribution is 7.47. The van der Waals surface area contributed by atoms with Crippen molar-refractivity contribution in [2.75, 3.05) is 39.6 Å². The molecule has 0 aromatic heterocycles. The highest BCUT2D eigenvalue weighted by Crippen LogP contribution is 2.45. The van der Waals surface area contributed by atoms with Crippen molar-refractivity contribution in [2.45, 2.75) is 485 Å². The first-order chi connectivity index (χ1) is 52.1. The molecule has 0 radical (unpaired) electrons. The van der Waals surface area contributed by atoms with Gasteiger partial charge in [-0.2, -0.15) is 0 Å². The zero-order valence-electron chi connectivity index (χ0n) is 71.5. The minimum Gasteiger partial charge on any atom is -0.462 e. The van der Waals surface area contributed by atoms with Crippen molar-refractivity contribution < 1.29 is 80.2 Å². The van der Waals surface area contributed by atoms with E-state index in [9.17, 15) is 43.2 Å². The van der Waals surface area contributed by atoms with E-state index in [-0.39, 0.29) is 25.7 Å². The minimum atomic E-state index is -4.97. The van der Waals surface area contributed by atoms with E-state index in [1.165, 1.54) is 270 Å². The van der Waals surface area contributed by atoms with Crippen molar-refractivity contribution >= 4 is 39.5 Å². The maximum absolute atomic E-state index is 13.2. The summed E-state index contributed by atoms with van der Waals surface area (Å²) in [5.74, 6) is 1.05. The lowest BCUT2D eigenvalue weighted by Gasteiger charge is -2.21. The Morgan fingerprint density at radius 1 is 0.231 bits per heavy atom. The van der Waals surface area contributed by atoms with Crippen LogP contribution in [-0.4, -0.2) is 96.7 Å². The van der Waals surface area contributed by atoms with Gasteiger partial charge in [0.25, 0.3) is 0 Å². The second-order valence-electron chi connectivity index (χ2n) is 33.9. The third-order valence-electron chi connectivity index (χ3n) is 20.8. The molecule has 2 unspecified atom stereocenters. The van der Waals surface area contributed by atoms with Crippen molar-refractivity contribution in [1.82, 2.24) is 0 Å². The van der Waals surface area contributed by atoms with Crippen molar-refractivity contribution in [2.24, 2.45) is 23.7 Å². The summed E-state index contributed by atoms with van der Waals surface area (Å²) in [7, 11) is -9.93. The van der Waals surface area contributed by atoms with Crippen molar-refractivity contribution in [3.8, 4) is 0 Å². The van der Waals surface area contributed by atoms with Crippen LogP contribution in [0.25, 0.3) is 0 Å². The fourth-order valence-corrected chi connectivity index (χ4v) is 15.4. The van der Waals surface area contributed by atoms with E-state index in [2.05, 4.69) is 55.4 Å². The summed E-state index contributed by atoms with van der Waals surface area (Å²) in [5, 5.41) is 10.7. The Bertz CT molecular complexity index is 2090. The summed E-state index contributed by atoms with van der Waals surface area (Å²) in [5.41, 5.74) is 0. The Kier molecular flexibility index (Phi) is 76.2. The highest BCUT2D eigenvalue weighted by atomic mass is 31.2. The van der Waals surface area contributed by atoms with E-state index in [0.29, 0.717) is 25.7 Å². The summed E-state index contributed by atoms with van der Waals surface area (Å²) in [4.78, 5) is 73.3. The lowest BCUT2D eigenvalue weighted by Crippen LogP contribution is -2.30. The summed E-state index contributed by atoms with van der Waals surface area (Å²) >= 11 is 0. The molecule has 642 valence electrons. The van der Waals surface area contributed by atoms with Gasteiger partial charge < -0.3 is 33.8 Å². The van der Waals surface area contributed by atoms with Gasteiger partial charge in [0.05, 0.1) is 26.4 Å². The maximum Gasteiger partial charge on any atom is 0.472 e. The number of aliphatic hydroxyl groups excluding tert-OH is 1. The van der Waals surface area contributed by atoms with E-state index in [0.717, 1.165) is 114 Å². The SMILES string of the molecule is CC(C)CCCCCCCCCCCCCCCCCCCCC(=O)O[C@H](COC(=O)CCCCCCCCCCCCCCCCCC(C)C)COP(=O)(O)OC[C@@H](O)COP(=O)(O)OC[C@@H](COC(=O)CCCCCCCCCCC(C)C)OC(=O)CCCCCCCCCCCCCCCCCC(C)C. The molecular formula is C89H174O17P2. The molecule has 0 bridgehead atoms. The number of esters is 4. The summed E-state index contributed by atoms with van der Waals surface area (Å²) in [6.45, 7) is 14.4. The zero-order valence-corrected chi connectivity index (χ0v) is 73.3. The number of rotatable bonds is 86. The van der Waals surface area contributed by atoms with Crippen LogP contribution >= 0.6 is 15.6 Å². The van der Waals surface area contributed by atoms with Gasteiger partial charge in [0.2, 0.25) is 0 Å². The monoisotopic (exact) mass is 1580 g/mol. The molecule has 19 heteroatoms. The number of phosphoric ester groups is 2. The number of aliphatic hydroxyl groups is 1. The van der Waals surface area contributed by atoms with Crippen LogP contribution in [0, 0.1) is 23.7 Å². The maximum atomic E-state index is 13.2.